The second-order valence-electron chi connectivity index (χ2n) is 8.52. The number of benzene rings is 1. The lowest BCUT2D eigenvalue weighted by Crippen LogP contribution is -2.33. The van der Waals surface area contributed by atoms with Gasteiger partial charge in [-0.15, -0.1) is 0 Å². The van der Waals surface area contributed by atoms with Gasteiger partial charge in [-0.05, 0) is 59.8 Å². The molecule has 0 unspecified atom stereocenters. The van der Waals surface area contributed by atoms with Gasteiger partial charge >= 0.3 is 0 Å². The number of rotatable bonds is 4. The van der Waals surface area contributed by atoms with Gasteiger partial charge in [0.1, 0.15) is 0 Å². The van der Waals surface area contributed by atoms with Crippen LogP contribution < -0.4 is 5.73 Å². The quantitative estimate of drug-likeness (QED) is 0.578. The first-order chi connectivity index (χ1) is 11.5. The first-order valence-corrected chi connectivity index (χ1v) is 9.01. The predicted octanol–water partition coefficient (Wildman–Crippen LogP) is 5.43. The zero-order valence-corrected chi connectivity index (χ0v) is 16.4. The van der Waals surface area contributed by atoms with Crippen molar-refractivity contribution in [1.29, 1.82) is 0 Å². The number of nitrogens with two attached hydrogens (primary N) is 1. The van der Waals surface area contributed by atoms with Crippen molar-refractivity contribution in [2.75, 3.05) is 0 Å². The monoisotopic (exact) mass is 337 g/mol. The average Bonchev–Trinajstić information content (AvgIpc) is 2.54. The molecule has 0 aliphatic heterocycles. The van der Waals surface area contributed by atoms with Gasteiger partial charge < -0.3 is 5.73 Å². The van der Waals surface area contributed by atoms with E-state index in [1.54, 1.807) is 6.08 Å². The van der Waals surface area contributed by atoms with Gasteiger partial charge in [-0.25, -0.2) is 0 Å². The normalized spacial score (nSPS) is 19.8. The Balaban J connectivity index is 2.37. The zero-order valence-electron chi connectivity index (χ0n) is 16.4. The van der Waals surface area contributed by atoms with E-state index >= 15 is 0 Å². The van der Waals surface area contributed by atoms with Gasteiger partial charge in [-0.3, -0.25) is 4.79 Å². The van der Waals surface area contributed by atoms with Gasteiger partial charge in [-0.1, -0.05) is 69.7 Å². The van der Waals surface area contributed by atoms with Crippen molar-refractivity contribution in [3.8, 4) is 0 Å². The van der Waals surface area contributed by atoms with E-state index in [-0.39, 0.29) is 10.8 Å². The lowest BCUT2D eigenvalue weighted by Gasteiger charge is -2.42. The standard InChI is InChI=1S/C23H31NO/c1-16(8-12-21(24)25)7-9-17(2)18-10-11-19-20(15-18)23(5,6)14-13-22(19,3)4/h7-12,15H,13-14H2,1-6H3,(H2,24,25)/b12-8+,16-7+,17-9-. The van der Waals surface area contributed by atoms with Gasteiger partial charge in [0.25, 0.3) is 0 Å². The van der Waals surface area contributed by atoms with Crippen LogP contribution in [0.2, 0.25) is 0 Å². The summed E-state index contributed by atoms with van der Waals surface area (Å²) in [4.78, 5) is 10.8. The molecule has 1 aromatic carbocycles. The minimum absolute atomic E-state index is 0.219. The molecule has 0 fully saturated rings. The van der Waals surface area contributed by atoms with Crippen molar-refractivity contribution in [3.05, 3.63) is 64.8 Å². The molecular weight excluding hydrogens is 306 g/mol. The van der Waals surface area contributed by atoms with E-state index in [0.29, 0.717) is 0 Å². The van der Waals surface area contributed by atoms with Gasteiger partial charge in [0.2, 0.25) is 5.91 Å². The highest BCUT2D eigenvalue weighted by Crippen LogP contribution is 2.46. The van der Waals surface area contributed by atoms with E-state index in [1.165, 1.54) is 41.2 Å². The first kappa shape index (κ1) is 19.2. The van der Waals surface area contributed by atoms with Crippen LogP contribution in [0.3, 0.4) is 0 Å². The minimum Gasteiger partial charge on any atom is -0.366 e. The van der Waals surface area contributed by atoms with E-state index in [9.17, 15) is 4.79 Å². The zero-order chi connectivity index (χ0) is 18.8. The highest BCUT2D eigenvalue weighted by Gasteiger charge is 2.36. The Morgan fingerprint density at radius 3 is 2.16 bits per heavy atom. The van der Waals surface area contributed by atoms with Crippen LogP contribution in [-0.2, 0) is 15.6 Å². The molecule has 25 heavy (non-hydrogen) atoms. The van der Waals surface area contributed by atoms with E-state index in [1.807, 2.05) is 13.0 Å². The van der Waals surface area contributed by atoms with Crippen molar-refractivity contribution in [3.63, 3.8) is 0 Å². The molecule has 0 aromatic heterocycles. The summed E-state index contributed by atoms with van der Waals surface area (Å²) in [5, 5.41) is 0. The highest BCUT2D eigenvalue weighted by atomic mass is 16.1. The maximum atomic E-state index is 10.8. The van der Waals surface area contributed by atoms with Crippen molar-refractivity contribution in [1.82, 2.24) is 0 Å². The van der Waals surface area contributed by atoms with Crippen LogP contribution in [0.4, 0.5) is 0 Å². The van der Waals surface area contributed by atoms with Crippen molar-refractivity contribution in [2.45, 2.75) is 65.2 Å². The lowest BCUT2D eigenvalue weighted by molar-refractivity contribution is -0.113. The summed E-state index contributed by atoms with van der Waals surface area (Å²) in [5.74, 6) is -0.423. The molecular formula is C23H31NO. The van der Waals surface area contributed by atoms with Gasteiger partial charge in [0.15, 0.2) is 0 Å². The molecule has 0 heterocycles. The van der Waals surface area contributed by atoms with Crippen LogP contribution >= 0.6 is 0 Å². The summed E-state index contributed by atoms with van der Waals surface area (Å²) in [6, 6.07) is 6.91. The molecule has 0 radical (unpaired) electrons. The van der Waals surface area contributed by atoms with Crippen LogP contribution in [0.15, 0.2) is 48.1 Å². The average molecular weight is 338 g/mol. The number of primary amides is 1. The molecule has 0 saturated heterocycles. The third-order valence-corrected chi connectivity index (χ3v) is 5.41. The molecule has 2 nitrogen and oxygen atoms in total. The number of fused-ring (bicyclic) bond motifs is 1. The fourth-order valence-electron chi connectivity index (χ4n) is 3.46. The molecule has 2 N–H and O–H groups in total. The Bertz CT molecular complexity index is 760. The topological polar surface area (TPSA) is 43.1 Å². The fourth-order valence-corrected chi connectivity index (χ4v) is 3.46. The Kier molecular flexibility index (Phi) is 5.41. The van der Waals surface area contributed by atoms with Crippen LogP contribution in [0.5, 0.6) is 0 Å². The van der Waals surface area contributed by atoms with E-state index < -0.39 is 5.91 Å². The summed E-state index contributed by atoms with van der Waals surface area (Å²) < 4.78 is 0. The van der Waals surface area contributed by atoms with Crippen molar-refractivity contribution < 1.29 is 4.79 Å². The summed E-state index contributed by atoms with van der Waals surface area (Å²) in [6.07, 6.45) is 9.70. The second-order valence-corrected chi connectivity index (χ2v) is 8.52. The number of carbonyl (C=O) groups excluding carboxylic acids is 1. The largest absolute Gasteiger partial charge is 0.366 e. The highest BCUT2D eigenvalue weighted by molar-refractivity contribution is 5.86. The maximum Gasteiger partial charge on any atom is 0.241 e. The number of amides is 1. The Labute approximate surface area is 152 Å². The van der Waals surface area contributed by atoms with Gasteiger partial charge in [0, 0.05) is 6.08 Å². The Hall–Kier alpha value is -2.09. The molecule has 2 rings (SSSR count). The van der Waals surface area contributed by atoms with E-state index in [0.717, 1.165) is 5.57 Å². The van der Waals surface area contributed by atoms with Crippen LogP contribution in [0.25, 0.3) is 5.57 Å². The van der Waals surface area contributed by atoms with Crippen molar-refractivity contribution in [2.24, 2.45) is 5.73 Å². The Morgan fingerprint density at radius 1 is 0.960 bits per heavy atom. The molecule has 1 aliphatic carbocycles. The summed E-state index contributed by atoms with van der Waals surface area (Å²) >= 11 is 0. The number of hydrogen-bond donors (Lipinski definition) is 1. The Morgan fingerprint density at radius 2 is 1.56 bits per heavy atom. The summed E-state index contributed by atoms with van der Waals surface area (Å²) in [7, 11) is 0. The van der Waals surface area contributed by atoms with E-state index in [4.69, 9.17) is 5.73 Å². The molecule has 1 amide bonds. The predicted molar refractivity (Wildman–Crippen MR) is 107 cm³/mol. The number of carbonyl (C=O) groups is 1. The van der Waals surface area contributed by atoms with Crippen LogP contribution in [-0.4, -0.2) is 5.91 Å². The van der Waals surface area contributed by atoms with Gasteiger partial charge in [0.05, 0.1) is 0 Å². The smallest absolute Gasteiger partial charge is 0.241 e. The maximum absolute atomic E-state index is 10.8. The summed E-state index contributed by atoms with van der Waals surface area (Å²) in [6.45, 7) is 13.5. The third-order valence-electron chi connectivity index (χ3n) is 5.41. The lowest BCUT2D eigenvalue weighted by atomic mass is 9.63. The molecule has 1 aliphatic rings. The fraction of sp³-hybridized carbons (Fsp3) is 0.435. The molecule has 0 atom stereocenters. The number of hydrogen-bond acceptors (Lipinski definition) is 1. The molecule has 0 spiro atoms. The summed E-state index contributed by atoms with van der Waals surface area (Å²) in [5.41, 5.74) is 12.0. The number of allylic oxidation sites excluding steroid dienone is 5. The minimum atomic E-state index is -0.423. The molecule has 2 heteroatoms. The molecule has 134 valence electrons. The third kappa shape index (κ3) is 4.50. The molecule has 0 bridgehead atoms. The van der Waals surface area contributed by atoms with Crippen LogP contribution in [0.1, 0.15) is 71.1 Å². The van der Waals surface area contributed by atoms with Crippen LogP contribution in [0, 0.1) is 0 Å². The first-order valence-electron chi connectivity index (χ1n) is 9.01. The molecule has 0 saturated carbocycles. The SMILES string of the molecule is C/C(=C/C=C(C)/C=C/C(N)=O)c1ccc2c(c1)C(C)(C)CCC2(C)C. The second kappa shape index (κ2) is 7.03. The molecule has 1 aromatic rings. The van der Waals surface area contributed by atoms with Crippen molar-refractivity contribution >= 4 is 11.5 Å². The van der Waals surface area contributed by atoms with Gasteiger partial charge in [-0.2, -0.15) is 0 Å². The van der Waals surface area contributed by atoms with E-state index in [2.05, 4.69) is 58.9 Å².